The molecule has 1 fully saturated rings. The van der Waals surface area contributed by atoms with E-state index in [-0.39, 0.29) is 5.54 Å². The van der Waals surface area contributed by atoms with Crippen LogP contribution in [0.1, 0.15) is 52.9 Å². The molecule has 0 saturated heterocycles. The fourth-order valence-corrected chi connectivity index (χ4v) is 2.72. The molecule has 1 saturated carbocycles. The molecule has 0 aromatic rings. The average molecular weight is 281 g/mol. The molecule has 1 N–H and O–H groups in total. The Hall–Kier alpha value is -0.630. The summed E-state index contributed by atoms with van der Waals surface area (Å²) in [5.74, 6) is 0. The molecule has 1 unspecified atom stereocenters. The second-order valence-electron chi connectivity index (χ2n) is 6.46. The lowest BCUT2D eigenvalue weighted by Crippen LogP contribution is -2.45. The molecule has 4 heteroatoms. The van der Waals surface area contributed by atoms with Gasteiger partial charge in [0, 0.05) is 25.7 Å². The summed E-state index contributed by atoms with van der Waals surface area (Å²) in [6.07, 6.45) is 5.87. The standard InChI is InChI=1S/C16H31N3O/c1-14(2)18-16(3,13-17)9-5-6-10-19(11-12-20-4)15-7-8-15/h14-15,18H,5-12H2,1-4H3. The van der Waals surface area contributed by atoms with Crippen LogP contribution in [0.3, 0.4) is 0 Å². The first-order chi connectivity index (χ1) is 9.50. The van der Waals surface area contributed by atoms with E-state index >= 15 is 0 Å². The second kappa shape index (κ2) is 8.61. The van der Waals surface area contributed by atoms with Crippen LogP contribution >= 0.6 is 0 Å². The van der Waals surface area contributed by atoms with Gasteiger partial charge in [0.05, 0.1) is 12.7 Å². The highest BCUT2D eigenvalue weighted by Crippen LogP contribution is 2.27. The quantitative estimate of drug-likeness (QED) is 0.591. The van der Waals surface area contributed by atoms with Gasteiger partial charge in [0.15, 0.2) is 0 Å². The number of nitrogens with one attached hydrogen (secondary N) is 1. The molecule has 4 nitrogen and oxygen atoms in total. The van der Waals surface area contributed by atoms with Gasteiger partial charge in [-0.15, -0.1) is 0 Å². The normalized spacial score (nSPS) is 18.2. The minimum atomic E-state index is -0.384. The van der Waals surface area contributed by atoms with E-state index in [4.69, 9.17) is 4.74 Å². The molecule has 0 aromatic carbocycles. The van der Waals surface area contributed by atoms with Crippen molar-refractivity contribution in [2.24, 2.45) is 0 Å². The number of nitriles is 1. The minimum Gasteiger partial charge on any atom is -0.383 e. The van der Waals surface area contributed by atoms with Crippen LogP contribution in [0.4, 0.5) is 0 Å². The highest BCUT2D eigenvalue weighted by atomic mass is 16.5. The van der Waals surface area contributed by atoms with E-state index in [1.54, 1.807) is 7.11 Å². The number of hydrogen-bond acceptors (Lipinski definition) is 4. The van der Waals surface area contributed by atoms with Crippen molar-refractivity contribution >= 4 is 0 Å². The summed E-state index contributed by atoms with van der Waals surface area (Å²) in [6.45, 7) is 9.19. The zero-order chi connectivity index (χ0) is 15.0. The number of methoxy groups -OCH3 is 1. The first kappa shape index (κ1) is 17.4. The smallest absolute Gasteiger partial charge is 0.104 e. The number of nitrogens with zero attached hydrogens (tertiary/aromatic N) is 2. The van der Waals surface area contributed by atoms with Crippen LogP contribution in [0.2, 0.25) is 0 Å². The Morgan fingerprint density at radius 1 is 1.35 bits per heavy atom. The third kappa shape index (κ3) is 6.69. The zero-order valence-corrected chi connectivity index (χ0v) is 13.6. The Morgan fingerprint density at radius 3 is 2.55 bits per heavy atom. The molecule has 0 heterocycles. The van der Waals surface area contributed by atoms with Crippen LogP contribution in [0.25, 0.3) is 0 Å². The van der Waals surface area contributed by atoms with Crippen molar-refractivity contribution in [2.75, 3.05) is 26.8 Å². The Balaban J connectivity index is 2.23. The van der Waals surface area contributed by atoms with Crippen molar-refractivity contribution in [1.82, 2.24) is 10.2 Å². The van der Waals surface area contributed by atoms with Crippen molar-refractivity contribution in [2.45, 2.75) is 70.5 Å². The number of ether oxygens (including phenoxy) is 1. The number of hydrogen-bond donors (Lipinski definition) is 1. The zero-order valence-electron chi connectivity index (χ0n) is 13.6. The Morgan fingerprint density at radius 2 is 2.05 bits per heavy atom. The summed E-state index contributed by atoms with van der Waals surface area (Å²) in [7, 11) is 1.76. The second-order valence-corrected chi connectivity index (χ2v) is 6.46. The van der Waals surface area contributed by atoms with Gasteiger partial charge >= 0.3 is 0 Å². The molecule has 1 rings (SSSR count). The maximum Gasteiger partial charge on any atom is 0.104 e. The van der Waals surface area contributed by atoms with Crippen LogP contribution in [-0.4, -0.2) is 49.3 Å². The van der Waals surface area contributed by atoms with Gasteiger partial charge in [-0.05, 0) is 59.4 Å². The summed E-state index contributed by atoms with van der Waals surface area (Å²) in [6, 6.07) is 3.57. The molecule has 20 heavy (non-hydrogen) atoms. The van der Waals surface area contributed by atoms with Crippen LogP contribution in [0.15, 0.2) is 0 Å². The maximum absolute atomic E-state index is 9.32. The van der Waals surface area contributed by atoms with Crippen molar-refractivity contribution < 1.29 is 4.74 Å². The largest absolute Gasteiger partial charge is 0.383 e. The van der Waals surface area contributed by atoms with Gasteiger partial charge in [-0.25, -0.2) is 0 Å². The monoisotopic (exact) mass is 281 g/mol. The van der Waals surface area contributed by atoms with Gasteiger partial charge in [-0.3, -0.25) is 10.2 Å². The van der Waals surface area contributed by atoms with E-state index < -0.39 is 0 Å². The van der Waals surface area contributed by atoms with Gasteiger partial charge in [-0.1, -0.05) is 0 Å². The molecule has 1 aliphatic carbocycles. The first-order valence-corrected chi connectivity index (χ1v) is 7.92. The molecule has 0 aromatic heterocycles. The Bertz CT molecular complexity index is 309. The van der Waals surface area contributed by atoms with Crippen molar-refractivity contribution in [1.29, 1.82) is 5.26 Å². The molecule has 116 valence electrons. The summed E-state index contributed by atoms with van der Waals surface area (Å²) in [5.41, 5.74) is -0.384. The topological polar surface area (TPSA) is 48.3 Å². The van der Waals surface area contributed by atoms with Gasteiger partial charge in [0.1, 0.15) is 5.54 Å². The van der Waals surface area contributed by atoms with E-state index in [2.05, 4.69) is 30.1 Å². The van der Waals surface area contributed by atoms with Crippen LogP contribution in [0, 0.1) is 11.3 Å². The van der Waals surface area contributed by atoms with E-state index in [0.29, 0.717) is 6.04 Å². The van der Waals surface area contributed by atoms with Crippen LogP contribution < -0.4 is 5.32 Å². The van der Waals surface area contributed by atoms with E-state index in [0.717, 1.165) is 45.0 Å². The lowest BCUT2D eigenvalue weighted by molar-refractivity contribution is 0.141. The predicted octanol–water partition coefficient (Wildman–Crippen LogP) is 2.55. The maximum atomic E-state index is 9.32. The van der Waals surface area contributed by atoms with Crippen LogP contribution in [0.5, 0.6) is 0 Å². The molecule has 1 aliphatic rings. The summed E-state index contributed by atoms with van der Waals surface area (Å²) in [5, 5.41) is 12.7. The Kier molecular flexibility index (Phi) is 7.50. The number of rotatable bonds is 11. The lowest BCUT2D eigenvalue weighted by atomic mass is 9.95. The predicted molar refractivity (Wildman–Crippen MR) is 82.6 cm³/mol. The van der Waals surface area contributed by atoms with Crippen LogP contribution in [-0.2, 0) is 4.74 Å². The molecule has 0 spiro atoms. The molecule has 0 amide bonds. The highest BCUT2D eigenvalue weighted by Gasteiger charge is 2.28. The molecular weight excluding hydrogens is 250 g/mol. The number of unbranched alkanes of at least 4 members (excludes halogenated alkanes) is 1. The van der Waals surface area contributed by atoms with Crippen molar-refractivity contribution in [3.63, 3.8) is 0 Å². The lowest BCUT2D eigenvalue weighted by Gasteiger charge is -2.27. The fraction of sp³-hybridized carbons (Fsp3) is 0.938. The molecule has 1 atom stereocenters. The fourth-order valence-electron chi connectivity index (χ4n) is 2.72. The summed E-state index contributed by atoms with van der Waals surface area (Å²) >= 11 is 0. The third-order valence-electron chi connectivity index (χ3n) is 3.87. The molecular formula is C16H31N3O. The van der Waals surface area contributed by atoms with E-state index in [1.165, 1.54) is 12.8 Å². The van der Waals surface area contributed by atoms with Gasteiger partial charge in [-0.2, -0.15) is 5.26 Å². The van der Waals surface area contributed by atoms with Gasteiger partial charge < -0.3 is 4.74 Å². The highest BCUT2D eigenvalue weighted by molar-refractivity contribution is 5.04. The molecule has 0 radical (unpaired) electrons. The molecule has 0 bridgehead atoms. The third-order valence-corrected chi connectivity index (χ3v) is 3.87. The van der Waals surface area contributed by atoms with Gasteiger partial charge in [0.2, 0.25) is 0 Å². The molecule has 0 aliphatic heterocycles. The first-order valence-electron chi connectivity index (χ1n) is 7.92. The van der Waals surface area contributed by atoms with E-state index in [9.17, 15) is 5.26 Å². The Labute approximate surface area is 124 Å². The van der Waals surface area contributed by atoms with Crippen molar-refractivity contribution in [3.8, 4) is 6.07 Å². The SMILES string of the molecule is COCCN(CCCCC(C)(C#N)NC(C)C)C1CC1. The van der Waals surface area contributed by atoms with Gasteiger partial charge in [0.25, 0.3) is 0 Å². The average Bonchev–Trinajstić information content (AvgIpc) is 3.21. The van der Waals surface area contributed by atoms with E-state index in [1.807, 2.05) is 6.92 Å². The summed E-state index contributed by atoms with van der Waals surface area (Å²) in [4.78, 5) is 2.54. The van der Waals surface area contributed by atoms with Crippen molar-refractivity contribution in [3.05, 3.63) is 0 Å². The summed E-state index contributed by atoms with van der Waals surface area (Å²) < 4.78 is 5.18. The minimum absolute atomic E-state index is 0.351.